The normalized spacial score (nSPS) is 9.30. The molecule has 3 N–H and O–H groups in total. The summed E-state index contributed by atoms with van der Waals surface area (Å²) in [6, 6.07) is 0. The lowest BCUT2D eigenvalue weighted by atomic mass is 10.6. The molecule has 0 saturated carbocycles. The van der Waals surface area contributed by atoms with Crippen molar-refractivity contribution in [1.29, 1.82) is 0 Å². The maximum absolute atomic E-state index is 10.0. The van der Waals surface area contributed by atoms with Gasteiger partial charge in [-0.15, -0.1) is 0 Å². The molecule has 1 rings (SSSR count). The lowest BCUT2D eigenvalue weighted by molar-refractivity contribution is 0.210. The number of carbonyl (C=O) groups is 1. The largest absolute Gasteiger partial charge is 0.465 e. The number of aromatic nitrogens is 2. The van der Waals surface area contributed by atoms with Crippen LogP contribution in [0.25, 0.3) is 0 Å². The molecule has 0 aliphatic carbocycles. The van der Waals surface area contributed by atoms with Crippen LogP contribution in [0, 0.1) is 0 Å². The van der Waals surface area contributed by atoms with Crippen molar-refractivity contribution in [2.75, 3.05) is 5.32 Å². The van der Waals surface area contributed by atoms with Gasteiger partial charge >= 0.3 is 6.09 Å². The Labute approximate surface area is 61.0 Å². The molecule has 1 aromatic heterocycles. The number of rotatable bonds is 1. The minimum atomic E-state index is -1.16. The predicted molar refractivity (Wildman–Crippen MR) is 35.2 cm³/mol. The molecule has 0 unspecified atom stereocenters. The average Bonchev–Trinajstić information content (AvgIpc) is 2.15. The highest BCUT2D eigenvalue weighted by Crippen LogP contribution is 2.16. The summed E-state index contributed by atoms with van der Waals surface area (Å²) in [5.41, 5.74) is 0.258. The fraction of sp³-hybridized carbons (Fsp3) is 0. The number of amides is 1. The van der Waals surface area contributed by atoms with Crippen LogP contribution in [0.3, 0.4) is 0 Å². The molecule has 0 atom stereocenters. The Balaban J connectivity index is 2.74. The maximum Gasteiger partial charge on any atom is 0.409 e. The van der Waals surface area contributed by atoms with Crippen LogP contribution in [0.15, 0.2) is 6.20 Å². The molecular weight excluding hydrogens is 158 g/mol. The third-order valence-corrected chi connectivity index (χ3v) is 1.12. The van der Waals surface area contributed by atoms with Crippen LogP contribution in [0.2, 0.25) is 5.15 Å². The number of anilines is 1. The Kier molecular flexibility index (Phi) is 1.77. The quantitative estimate of drug-likeness (QED) is 0.578. The van der Waals surface area contributed by atoms with Crippen molar-refractivity contribution in [3.8, 4) is 0 Å². The van der Waals surface area contributed by atoms with Crippen molar-refractivity contribution in [2.45, 2.75) is 0 Å². The van der Waals surface area contributed by atoms with E-state index in [2.05, 4.69) is 10.2 Å². The molecule has 0 radical (unpaired) electrons. The van der Waals surface area contributed by atoms with E-state index in [0.29, 0.717) is 0 Å². The first kappa shape index (κ1) is 6.88. The van der Waals surface area contributed by atoms with E-state index in [1.54, 1.807) is 0 Å². The van der Waals surface area contributed by atoms with Crippen LogP contribution in [0.4, 0.5) is 10.5 Å². The molecule has 6 heteroatoms. The standard InChI is InChI=1S/C4H4ClN3O2/c5-3-2(1-6-8-3)7-4(9)10/h1,7H,(H,6,8)(H,9,10). The molecule has 1 amide bonds. The Hall–Kier alpha value is -1.23. The third-order valence-electron chi connectivity index (χ3n) is 0.834. The molecule has 54 valence electrons. The van der Waals surface area contributed by atoms with Crippen LogP contribution in [0.5, 0.6) is 0 Å². The fourth-order valence-corrected chi connectivity index (χ4v) is 0.618. The number of aromatic amines is 1. The summed E-state index contributed by atoms with van der Waals surface area (Å²) in [5.74, 6) is 0. The molecule has 0 aromatic carbocycles. The van der Waals surface area contributed by atoms with Gasteiger partial charge in [-0.05, 0) is 0 Å². The molecular formula is C4H4ClN3O2. The van der Waals surface area contributed by atoms with Crippen LogP contribution in [0.1, 0.15) is 0 Å². The van der Waals surface area contributed by atoms with E-state index in [4.69, 9.17) is 16.7 Å². The van der Waals surface area contributed by atoms with Crippen LogP contribution < -0.4 is 5.32 Å². The minimum Gasteiger partial charge on any atom is -0.465 e. The highest BCUT2D eigenvalue weighted by Gasteiger charge is 2.03. The number of nitrogens with one attached hydrogen (secondary N) is 2. The zero-order chi connectivity index (χ0) is 7.56. The lowest BCUT2D eigenvalue weighted by Gasteiger charge is -1.93. The Morgan fingerprint density at radius 2 is 2.60 bits per heavy atom. The maximum atomic E-state index is 10.0. The van der Waals surface area contributed by atoms with Gasteiger partial charge in [0.25, 0.3) is 0 Å². The van der Waals surface area contributed by atoms with Crippen molar-refractivity contribution in [3.05, 3.63) is 11.3 Å². The van der Waals surface area contributed by atoms with Gasteiger partial charge in [-0.3, -0.25) is 10.4 Å². The van der Waals surface area contributed by atoms with Crippen LogP contribution in [-0.2, 0) is 0 Å². The highest BCUT2D eigenvalue weighted by molar-refractivity contribution is 6.32. The molecule has 0 spiro atoms. The van der Waals surface area contributed by atoms with Gasteiger partial charge in [0.1, 0.15) is 10.8 Å². The van der Waals surface area contributed by atoms with Gasteiger partial charge < -0.3 is 5.11 Å². The number of hydrogen-bond donors (Lipinski definition) is 3. The zero-order valence-corrected chi connectivity index (χ0v) is 5.51. The Bertz CT molecular complexity index is 246. The SMILES string of the molecule is O=C(O)Nc1cn[nH]c1Cl. The molecule has 0 aliphatic rings. The van der Waals surface area contributed by atoms with E-state index in [-0.39, 0.29) is 10.8 Å². The van der Waals surface area contributed by atoms with Crippen molar-refractivity contribution >= 4 is 23.4 Å². The first-order chi connectivity index (χ1) is 4.70. The zero-order valence-electron chi connectivity index (χ0n) is 4.76. The van der Waals surface area contributed by atoms with Gasteiger partial charge in [-0.2, -0.15) is 5.10 Å². The molecule has 0 aliphatic heterocycles. The number of halogens is 1. The summed E-state index contributed by atoms with van der Waals surface area (Å²) in [6.45, 7) is 0. The van der Waals surface area contributed by atoms with E-state index < -0.39 is 6.09 Å². The fourth-order valence-electron chi connectivity index (χ4n) is 0.473. The van der Waals surface area contributed by atoms with Crippen molar-refractivity contribution < 1.29 is 9.90 Å². The van der Waals surface area contributed by atoms with Gasteiger partial charge in [0, 0.05) is 0 Å². The molecule has 0 fully saturated rings. The second kappa shape index (κ2) is 2.57. The first-order valence-corrected chi connectivity index (χ1v) is 2.77. The van der Waals surface area contributed by atoms with Crippen LogP contribution >= 0.6 is 11.6 Å². The third kappa shape index (κ3) is 1.38. The summed E-state index contributed by atoms with van der Waals surface area (Å²) < 4.78 is 0. The average molecular weight is 162 g/mol. The van der Waals surface area contributed by atoms with Gasteiger partial charge in [0.05, 0.1) is 6.20 Å². The van der Waals surface area contributed by atoms with Gasteiger partial charge in [0.2, 0.25) is 0 Å². The Morgan fingerprint density at radius 1 is 1.90 bits per heavy atom. The summed E-state index contributed by atoms with van der Waals surface area (Å²) in [4.78, 5) is 10.0. The second-order valence-electron chi connectivity index (χ2n) is 1.53. The smallest absolute Gasteiger partial charge is 0.409 e. The van der Waals surface area contributed by atoms with Crippen molar-refractivity contribution in [1.82, 2.24) is 10.2 Å². The van der Waals surface area contributed by atoms with E-state index >= 15 is 0 Å². The van der Waals surface area contributed by atoms with Gasteiger partial charge in [-0.1, -0.05) is 11.6 Å². The summed E-state index contributed by atoms with van der Waals surface area (Å²) in [7, 11) is 0. The molecule has 0 bridgehead atoms. The summed E-state index contributed by atoms with van der Waals surface area (Å²) in [6.07, 6.45) is 0.125. The number of H-pyrrole nitrogens is 1. The first-order valence-electron chi connectivity index (χ1n) is 2.39. The lowest BCUT2D eigenvalue weighted by Crippen LogP contribution is -2.06. The van der Waals surface area contributed by atoms with Crippen LogP contribution in [-0.4, -0.2) is 21.4 Å². The highest BCUT2D eigenvalue weighted by atomic mass is 35.5. The molecule has 1 heterocycles. The summed E-state index contributed by atoms with van der Waals surface area (Å²) >= 11 is 5.44. The molecule has 1 aromatic rings. The van der Waals surface area contributed by atoms with E-state index in [0.717, 1.165) is 0 Å². The molecule has 5 nitrogen and oxygen atoms in total. The minimum absolute atomic E-state index is 0.183. The van der Waals surface area contributed by atoms with Gasteiger partial charge in [-0.25, -0.2) is 4.79 Å². The second-order valence-corrected chi connectivity index (χ2v) is 1.91. The van der Waals surface area contributed by atoms with E-state index in [1.165, 1.54) is 6.20 Å². The number of carboxylic acid groups (broad SMARTS) is 1. The molecule has 10 heavy (non-hydrogen) atoms. The van der Waals surface area contributed by atoms with E-state index in [9.17, 15) is 4.79 Å². The number of nitrogens with zero attached hydrogens (tertiary/aromatic N) is 1. The Morgan fingerprint density at radius 3 is 3.00 bits per heavy atom. The van der Waals surface area contributed by atoms with Gasteiger partial charge in [0.15, 0.2) is 0 Å². The molecule has 0 saturated heterocycles. The number of hydrogen-bond acceptors (Lipinski definition) is 2. The van der Waals surface area contributed by atoms with E-state index in [1.807, 2.05) is 5.32 Å². The van der Waals surface area contributed by atoms with Crippen molar-refractivity contribution in [2.24, 2.45) is 0 Å². The monoisotopic (exact) mass is 161 g/mol. The van der Waals surface area contributed by atoms with Crippen molar-refractivity contribution in [3.63, 3.8) is 0 Å². The predicted octanol–water partition coefficient (Wildman–Crippen LogP) is 1.15. The topological polar surface area (TPSA) is 78.0 Å². The summed E-state index contributed by atoms with van der Waals surface area (Å²) in [5, 5.41) is 16.3.